The Kier molecular flexibility index (Phi) is 5.91. The van der Waals surface area contributed by atoms with Crippen molar-refractivity contribution in [2.75, 3.05) is 5.32 Å². The van der Waals surface area contributed by atoms with Gasteiger partial charge in [-0.3, -0.25) is 9.59 Å². The van der Waals surface area contributed by atoms with Gasteiger partial charge < -0.3 is 5.32 Å². The summed E-state index contributed by atoms with van der Waals surface area (Å²) in [5.41, 5.74) is -2.63. The molecule has 3 rings (SSSR count). The molecule has 0 saturated carbocycles. The van der Waals surface area contributed by atoms with Crippen molar-refractivity contribution >= 4 is 23.2 Å². The Labute approximate surface area is 179 Å². The SMILES string of the molecule is CC(C)(C(=O)Nc1cc(C(F)(F)F)ccc1Cl)n1nc(-c2ccc(F)cc2)ccc1=O. The number of nitrogens with zero attached hydrogens (tertiary/aromatic N) is 2. The predicted octanol–water partition coefficient (Wildman–Crippen LogP) is 5.10. The van der Waals surface area contributed by atoms with E-state index in [4.69, 9.17) is 11.6 Å². The standard InChI is InChI=1S/C21H16ClF4N3O2/c1-20(2,19(31)27-17-11-13(21(24,25)26)5-8-15(17)22)29-18(30)10-9-16(28-29)12-3-6-14(23)7-4-12/h3-11H,1-2H3,(H,27,31). The van der Waals surface area contributed by atoms with Crippen molar-refractivity contribution in [3.63, 3.8) is 0 Å². The molecule has 5 nitrogen and oxygen atoms in total. The first-order valence-electron chi connectivity index (χ1n) is 8.94. The fraction of sp³-hybridized carbons (Fsp3) is 0.190. The second kappa shape index (κ2) is 8.14. The molecule has 10 heteroatoms. The smallest absolute Gasteiger partial charge is 0.323 e. The van der Waals surface area contributed by atoms with Gasteiger partial charge in [0, 0.05) is 11.6 Å². The number of rotatable bonds is 4. The number of amides is 1. The number of benzene rings is 2. The van der Waals surface area contributed by atoms with Crippen LogP contribution in [0.1, 0.15) is 19.4 Å². The number of aromatic nitrogens is 2. The quantitative estimate of drug-likeness (QED) is 0.559. The molecule has 0 aliphatic heterocycles. The molecule has 3 aromatic rings. The Bertz CT molecular complexity index is 1190. The summed E-state index contributed by atoms with van der Waals surface area (Å²) in [6, 6.07) is 10.5. The molecule has 0 spiro atoms. The second-order valence-corrected chi connectivity index (χ2v) is 7.59. The summed E-state index contributed by atoms with van der Waals surface area (Å²) in [6.45, 7) is 2.76. The predicted molar refractivity (Wildman–Crippen MR) is 108 cm³/mol. The van der Waals surface area contributed by atoms with Gasteiger partial charge in [0.25, 0.3) is 11.5 Å². The zero-order valence-electron chi connectivity index (χ0n) is 16.3. The van der Waals surface area contributed by atoms with Gasteiger partial charge in [-0.15, -0.1) is 0 Å². The number of hydrogen-bond donors (Lipinski definition) is 1. The van der Waals surface area contributed by atoms with E-state index in [0.29, 0.717) is 17.3 Å². The van der Waals surface area contributed by atoms with Crippen LogP contribution in [0.5, 0.6) is 0 Å². The summed E-state index contributed by atoms with van der Waals surface area (Å²) in [6.07, 6.45) is -4.62. The van der Waals surface area contributed by atoms with Gasteiger partial charge in [-0.25, -0.2) is 9.07 Å². The lowest BCUT2D eigenvalue weighted by atomic mass is 10.0. The Balaban J connectivity index is 1.96. The van der Waals surface area contributed by atoms with E-state index in [0.717, 1.165) is 16.8 Å². The van der Waals surface area contributed by atoms with Crippen LogP contribution in [0.15, 0.2) is 59.4 Å². The van der Waals surface area contributed by atoms with E-state index in [2.05, 4.69) is 10.4 Å². The maximum Gasteiger partial charge on any atom is 0.416 e. The van der Waals surface area contributed by atoms with Crippen LogP contribution in [0.2, 0.25) is 5.02 Å². The first-order valence-corrected chi connectivity index (χ1v) is 9.32. The summed E-state index contributed by atoms with van der Waals surface area (Å²) in [5.74, 6) is -1.26. The van der Waals surface area contributed by atoms with Crippen LogP contribution in [0.3, 0.4) is 0 Å². The largest absolute Gasteiger partial charge is 0.416 e. The molecular formula is C21H16ClF4N3O2. The Hall–Kier alpha value is -3.20. The van der Waals surface area contributed by atoms with Gasteiger partial charge in [-0.2, -0.15) is 18.3 Å². The highest BCUT2D eigenvalue weighted by atomic mass is 35.5. The highest BCUT2D eigenvalue weighted by molar-refractivity contribution is 6.33. The second-order valence-electron chi connectivity index (χ2n) is 7.18. The van der Waals surface area contributed by atoms with Gasteiger partial charge in [0.05, 0.1) is 22.0 Å². The zero-order chi connectivity index (χ0) is 23.0. The third-order valence-corrected chi connectivity index (χ3v) is 4.90. The van der Waals surface area contributed by atoms with Crippen LogP contribution >= 0.6 is 11.6 Å². The van der Waals surface area contributed by atoms with Gasteiger partial charge in [0.2, 0.25) is 0 Å². The summed E-state index contributed by atoms with van der Waals surface area (Å²) in [5, 5.41) is 6.43. The van der Waals surface area contributed by atoms with Crippen molar-refractivity contribution in [3.05, 3.63) is 81.4 Å². The maximum absolute atomic E-state index is 13.2. The van der Waals surface area contributed by atoms with Crippen molar-refractivity contribution in [2.45, 2.75) is 25.6 Å². The minimum absolute atomic E-state index is 0.0995. The summed E-state index contributed by atoms with van der Waals surface area (Å²) < 4.78 is 53.0. The van der Waals surface area contributed by atoms with Crippen LogP contribution in [0, 0.1) is 5.82 Å². The lowest BCUT2D eigenvalue weighted by molar-refractivity contribution is -0.137. The highest BCUT2D eigenvalue weighted by Gasteiger charge is 2.34. The topological polar surface area (TPSA) is 64.0 Å². The van der Waals surface area contributed by atoms with Gasteiger partial charge in [0.1, 0.15) is 11.4 Å². The Morgan fingerprint density at radius 2 is 1.68 bits per heavy atom. The van der Waals surface area contributed by atoms with Crippen molar-refractivity contribution in [1.29, 1.82) is 0 Å². The van der Waals surface area contributed by atoms with Gasteiger partial charge in [0.15, 0.2) is 0 Å². The lowest BCUT2D eigenvalue weighted by Gasteiger charge is -2.26. The molecule has 1 N–H and O–H groups in total. The Morgan fingerprint density at radius 1 is 1.03 bits per heavy atom. The number of carbonyl (C=O) groups is 1. The molecule has 0 aliphatic rings. The molecule has 2 aromatic carbocycles. The van der Waals surface area contributed by atoms with Crippen molar-refractivity contribution in [1.82, 2.24) is 9.78 Å². The van der Waals surface area contributed by atoms with Crippen LogP contribution in [-0.4, -0.2) is 15.7 Å². The molecule has 0 atom stereocenters. The molecular weight excluding hydrogens is 438 g/mol. The minimum Gasteiger partial charge on any atom is -0.323 e. The number of nitrogens with one attached hydrogen (secondary N) is 1. The van der Waals surface area contributed by atoms with Crippen LogP contribution in [-0.2, 0) is 16.5 Å². The summed E-state index contributed by atoms with van der Waals surface area (Å²) >= 11 is 5.94. The molecule has 31 heavy (non-hydrogen) atoms. The molecule has 0 unspecified atom stereocenters. The number of carbonyl (C=O) groups excluding carboxylic acids is 1. The van der Waals surface area contributed by atoms with E-state index < -0.39 is 34.6 Å². The van der Waals surface area contributed by atoms with E-state index in [9.17, 15) is 27.2 Å². The third-order valence-electron chi connectivity index (χ3n) is 4.57. The molecule has 0 radical (unpaired) electrons. The lowest BCUT2D eigenvalue weighted by Crippen LogP contribution is -2.47. The molecule has 162 valence electrons. The van der Waals surface area contributed by atoms with Crippen LogP contribution in [0.25, 0.3) is 11.3 Å². The molecule has 0 bridgehead atoms. The molecule has 1 heterocycles. The highest BCUT2D eigenvalue weighted by Crippen LogP contribution is 2.34. The monoisotopic (exact) mass is 453 g/mol. The molecule has 1 amide bonds. The van der Waals surface area contributed by atoms with E-state index >= 15 is 0 Å². The average Bonchev–Trinajstić information content (AvgIpc) is 2.69. The van der Waals surface area contributed by atoms with Gasteiger partial charge in [-0.05, 0) is 62.4 Å². The first-order chi connectivity index (χ1) is 14.4. The Morgan fingerprint density at radius 3 is 2.29 bits per heavy atom. The van der Waals surface area contributed by atoms with Gasteiger partial charge in [-0.1, -0.05) is 11.6 Å². The fourth-order valence-electron chi connectivity index (χ4n) is 2.76. The number of halogens is 5. The fourth-order valence-corrected chi connectivity index (χ4v) is 2.92. The van der Waals surface area contributed by atoms with E-state index in [1.54, 1.807) is 0 Å². The maximum atomic E-state index is 13.2. The average molecular weight is 454 g/mol. The number of alkyl halides is 3. The molecule has 0 fully saturated rings. The summed E-state index contributed by atoms with van der Waals surface area (Å²) in [4.78, 5) is 25.3. The van der Waals surface area contributed by atoms with Crippen molar-refractivity contribution in [3.8, 4) is 11.3 Å². The van der Waals surface area contributed by atoms with E-state index in [1.165, 1.54) is 50.2 Å². The van der Waals surface area contributed by atoms with E-state index in [1.807, 2.05) is 0 Å². The number of hydrogen-bond acceptors (Lipinski definition) is 3. The van der Waals surface area contributed by atoms with Crippen molar-refractivity contribution < 1.29 is 22.4 Å². The number of anilines is 1. The van der Waals surface area contributed by atoms with Crippen molar-refractivity contribution in [2.24, 2.45) is 0 Å². The molecule has 1 aromatic heterocycles. The minimum atomic E-state index is -4.62. The summed E-state index contributed by atoms with van der Waals surface area (Å²) in [7, 11) is 0. The third kappa shape index (κ3) is 4.77. The van der Waals surface area contributed by atoms with Crippen LogP contribution in [0.4, 0.5) is 23.2 Å². The van der Waals surface area contributed by atoms with E-state index in [-0.39, 0.29) is 10.7 Å². The zero-order valence-corrected chi connectivity index (χ0v) is 17.1. The molecule has 0 saturated heterocycles. The first kappa shape index (κ1) is 22.5. The normalized spacial score (nSPS) is 12.0. The molecule has 0 aliphatic carbocycles. The van der Waals surface area contributed by atoms with Crippen LogP contribution < -0.4 is 10.9 Å². The van der Waals surface area contributed by atoms with Gasteiger partial charge >= 0.3 is 6.18 Å².